The highest BCUT2D eigenvalue weighted by atomic mass is 16.1. The maximum atomic E-state index is 12.2. The Kier molecular flexibility index (Phi) is 5.06. The van der Waals surface area contributed by atoms with Crippen molar-refractivity contribution in [2.75, 3.05) is 6.54 Å². The molecule has 0 saturated heterocycles. The SMILES string of the molecule is Cc1ccccc1CCNC(=O)c1ccc(Cn2cccn2)cc1. The van der Waals surface area contributed by atoms with E-state index in [0.717, 1.165) is 12.0 Å². The predicted molar refractivity (Wildman–Crippen MR) is 95.0 cm³/mol. The van der Waals surface area contributed by atoms with Crippen molar-refractivity contribution in [1.82, 2.24) is 15.1 Å². The van der Waals surface area contributed by atoms with Gasteiger partial charge in [0.2, 0.25) is 0 Å². The number of carbonyl (C=O) groups is 1. The first kappa shape index (κ1) is 16.0. The molecule has 1 heterocycles. The lowest BCUT2D eigenvalue weighted by molar-refractivity contribution is 0.0954. The number of benzene rings is 2. The number of aromatic nitrogens is 2. The summed E-state index contributed by atoms with van der Waals surface area (Å²) in [6, 6.07) is 17.8. The fraction of sp³-hybridized carbons (Fsp3) is 0.200. The first-order chi connectivity index (χ1) is 11.7. The van der Waals surface area contributed by atoms with Gasteiger partial charge in [0.1, 0.15) is 0 Å². The van der Waals surface area contributed by atoms with E-state index in [-0.39, 0.29) is 5.91 Å². The molecule has 0 atom stereocenters. The molecule has 1 aromatic heterocycles. The summed E-state index contributed by atoms with van der Waals surface area (Å²) in [6.45, 7) is 3.44. The van der Waals surface area contributed by atoms with Crippen molar-refractivity contribution in [3.05, 3.63) is 89.2 Å². The highest BCUT2D eigenvalue weighted by molar-refractivity contribution is 5.94. The molecule has 24 heavy (non-hydrogen) atoms. The molecule has 0 aliphatic heterocycles. The minimum absolute atomic E-state index is 0.0331. The van der Waals surface area contributed by atoms with Crippen molar-refractivity contribution in [2.24, 2.45) is 0 Å². The molecule has 2 aromatic carbocycles. The van der Waals surface area contributed by atoms with Gasteiger partial charge in [-0.3, -0.25) is 9.48 Å². The van der Waals surface area contributed by atoms with Crippen LogP contribution in [-0.2, 0) is 13.0 Å². The molecule has 0 spiro atoms. The van der Waals surface area contributed by atoms with Crippen molar-refractivity contribution in [2.45, 2.75) is 19.9 Å². The molecule has 3 rings (SSSR count). The monoisotopic (exact) mass is 319 g/mol. The Bertz CT molecular complexity index is 792. The van der Waals surface area contributed by atoms with Gasteiger partial charge in [0.15, 0.2) is 0 Å². The van der Waals surface area contributed by atoms with Gasteiger partial charge in [-0.25, -0.2) is 0 Å². The zero-order chi connectivity index (χ0) is 16.8. The molecule has 0 radical (unpaired) electrons. The third-order valence-corrected chi connectivity index (χ3v) is 4.06. The standard InChI is InChI=1S/C20H21N3O/c1-16-5-2-3-6-18(16)11-13-21-20(24)19-9-7-17(8-10-19)15-23-14-4-12-22-23/h2-10,12,14H,11,13,15H2,1H3,(H,21,24). The number of hydrogen-bond donors (Lipinski definition) is 1. The lowest BCUT2D eigenvalue weighted by atomic mass is 10.1. The van der Waals surface area contributed by atoms with Gasteiger partial charge < -0.3 is 5.32 Å². The van der Waals surface area contributed by atoms with Gasteiger partial charge in [-0.15, -0.1) is 0 Å². The van der Waals surface area contributed by atoms with Gasteiger partial charge in [0.05, 0.1) is 6.54 Å². The van der Waals surface area contributed by atoms with Crippen LogP contribution < -0.4 is 5.32 Å². The molecular formula is C20H21N3O. The zero-order valence-corrected chi connectivity index (χ0v) is 13.8. The summed E-state index contributed by atoms with van der Waals surface area (Å²) < 4.78 is 1.86. The van der Waals surface area contributed by atoms with Crippen molar-refractivity contribution in [3.63, 3.8) is 0 Å². The molecule has 0 aliphatic carbocycles. The van der Waals surface area contributed by atoms with Gasteiger partial charge in [-0.05, 0) is 48.2 Å². The second-order valence-corrected chi connectivity index (χ2v) is 5.83. The van der Waals surface area contributed by atoms with Gasteiger partial charge in [-0.2, -0.15) is 5.10 Å². The Morgan fingerprint density at radius 2 is 1.88 bits per heavy atom. The summed E-state index contributed by atoms with van der Waals surface area (Å²) in [5.74, 6) is -0.0331. The Balaban J connectivity index is 1.52. The average Bonchev–Trinajstić information content (AvgIpc) is 3.10. The molecule has 1 N–H and O–H groups in total. The van der Waals surface area contributed by atoms with E-state index in [1.165, 1.54) is 11.1 Å². The van der Waals surface area contributed by atoms with Gasteiger partial charge in [0, 0.05) is 24.5 Å². The molecule has 3 aromatic rings. The summed E-state index contributed by atoms with van der Waals surface area (Å²) in [7, 11) is 0. The maximum Gasteiger partial charge on any atom is 0.251 e. The van der Waals surface area contributed by atoms with E-state index in [2.05, 4.69) is 29.5 Å². The molecule has 0 fully saturated rings. The smallest absolute Gasteiger partial charge is 0.251 e. The number of amides is 1. The van der Waals surface area contributed by atoms with Gasteiger partial charge >= 0.3 is 0 Å². The van der Waals surface area contributed by atoms with Crippen molar-refractivity contribution in [1.29, 1.82) is 0 Å². The van der Waals surface area contributed by atoms with Gasteiger partial charge in [-0.1, -0.05) is 36.4 Å². The van der Waals surface area contributed by atoms with Crippen LogP contribution in [0.1, 0.15) is 27.0 Å². The normalized spacial score (nSPS) is 10.5. The highest BCUT2D eigenvalue weighted by Crippen LogP contribution is 2.08. The van der Waals surface area contributed by atoms with E-state index in [0.29, 0.717) is 18.7 Å². The summed E-state index contributed by atoms with van der Waals surface area (Å²) in [5, 5.41) is 7.17. The van der Waals surface area contributed by atoms with Crippen LogP contribution in [0.5, 0.6) is 0 Å². The third kappa shape index (κ3) is 4.10. The summed E-state index contributed by atoms with van der Waals surface area (Å²) in [6.07, 6.45) is 4.53. The lowest BCUT2D eigenvalue weighted by Crippen LogP contribution is -2.25. The molecule has 122 valence electrons. The number of nitrogens with zero attached hydrogens (tertiary/aromatic N) is 2. The molecule has 4 nitrogen and oxygen atoms in total. The van der Waals surface area contributed by atoms with Crippen molar-refractivity contribution >= 4 is 5.91 Å². The predicted octanol–water partition coefficient (Wildman–Crippen LogP) is 3.21. The molecule has 4 heteroatoms. The summed E-state index contributed by atoms with van der Waals surface area (Å²) in [5.41, 5.74) is 4.33. The highest BCUT2D eigenvalue weighted by Gasteiger charge is 2.06. The molecule has 1 amide bonds. The average molecular weight is 319 g/mol. The topological polar surface area (TPSA) is 46.9 Å². The minimum atomic E-state index is -0.0331. The van der Waals surface area contributed by atoms with E-state index < -0.39 is 0 Å². The molecule has 0 aliphatic rings. The van der Waals surface area contributed by atoms with Crippen LogP contribution in [0, 0.1) is 6.92 Å². The first-order valence-electron chi connectivity index (χ1n) is 8.11. The minimum Gasteiger partial charge on any atom is -0.352 e. The first-order valence-corrected chi connectivity index (χ1v) is 8.11. The second-order valence-electron chi connectivity index (χ2n) is 5.83. The lowest BCUT2D eigenvalue weighted by Gasteiger charge is -2.08. The Morgan fingerprint density at radius 3 is 2.58 bits per heavy atom. The third-order valence-electron chi connectivity index (χ3n) is 4.06. The number of nitrogens with one attached hydrogen (secondary N) is 1. The van der Waals surface area contributed by atoms with Crippen LogP contribution in [0.4, 0.5) is 0 Å². The number of carbonyl (C=O) groups excluding carboxylic acids is 1. The Hall–Kier alpha value is -2.88. The maximum absolute atomic E-state index is 12.2. The quantitative estimate of drug-likeness (QED) is 0.758. The van der Waals surface area contributed by atoms with Crippen LogP contribution in [0.15, 0.2) is 67.0 Å². The zero-order valence-electron chi connectivity index (χ0n) is 13.8. The fourth-order valence-electron chi connectivity index (χ4n) is 2.65. The Morgan fingerprint density at radius 1 is 1.08 bits per heavy atom. The number of aryl methyl sites for hydroxylation is 1. The second kappa shape index (κ2) is 7.59. The van der Waals surface area contributed by atoms with Crippen LogP contribution in [0.3, 0.4) is 0 Å². The number of rotatable bonds is 6. The van der Waals surface area contributed by atoms with Crippen LogP contribution in [0.25, 0.3) is 0 Å². The number of hydrogen-bond acceptors (Lipinski definition) is 2. The largest absolute Gasteiger partial charge is 0.352 e. The Labute approximate surface area is 142 Å². The van der Waals surface area contributed by atoms with Crippen molar-refractivity contribution in [3.8, 4) is 0 Å². The summed E-state index contributed by atoms with van der Waals surface area (Å²) >= 11 is 0. The van der Waals surface area contributed by atoms with E-state index in [1.54, 1.807) is 6.20 Å². The van der Waals surface area contributed by atoms with Crippen molar-refractivity contribution < 1.29 is 4.79 Å². The molecule has 0 saturated carbocycles. The molecular weight excluding hydrogens is 298 g/mol. The van der Waals surface area contributed by atoms with Gasteiger partial charge in [0.25, 0.3) is 5.91 Å². The fourth-order valence-corrected chi connectivity index (χ4v) is 2.65. The van der Waals surface area contributed by atoms with Crippen LogP contribution in [0.2, 0.25) is 0 Å². The summed E-state index contributed by atoms with van der Waals surface area (Å²) in [4.78, 5) is 12.2. The van der Waals surface area contributed by atoms with Crippen LogP contribution in [-0.4, -0.2) is 22.2 Å². The van der Waals surface area contributed by atoms with E-state index in [4.69, 9.17) is 0 Å². The van der Waals surface area contributed by atoms with E-state index >= 15 is 0 Å². The van der Waals surface area contributed by atoms with E-state index in [9.17, 15) is 4.79 Å². The molecule has 0 unspecified atom stereocenters. The van der Waals surface area contributed by atoms with E-state index in [1.807, 2.05) is 53.3 Å². The molecule has 0 bridgehead atoms. The van der Waals surface area contributed by atoms with Crippen LogP contribution >= 0.6 is 0 Å².